The molecule has 0 unspecified atom stereocenters. The molecule has 0 spiro atoms. The summed E-state index contributed by atoms with van der Waals surface area (Å²) in [5.41, 5.74) is -1.47. The van der Waals surface area contributed by atoms with Crippen molar-refractivity contribution in [3.8, 4) is 11.8 Å². The van der Waals surface area contributed by atoms with Gasteiger partial charge in [-0.25, -0.2) is 26.7 Å². The van der Waals surface area contributed by atoms with E-state index in [-0.39, 0.29) is 0 Å². The normalized spacial score (nSPS) is 9.56. The fourth-order valence-corrected chi connectivity index (χ4v) is 0.831. The molecule has 0 aromatic heterocycles. The van der Waals surface area contributed by atoms with Crippen LogP contribution >= 0.6 is 0 Å². The maximum absolute atomic E-state index is 12.8. The molecule has 0 aliphatic carbocycles. The van der Waals surface area contributed by atoms with Crippen molar-refractivity contribution in [2.45, 2.75) is 0 Å². The Morgan fingerprint density at radius 1 is 0.875 bits per heavy atom. The molecule has 0 bridgehead atoms. The molecule has 0 fully saturated rings. The molecule has 16 heavy (non-hydrogen) atoms. The van der Waals surface area contributed by atoms with Gasteiger partial charge in [0.1, 0.15) is 5.56 Å². The molecule has 0 aliphatic heterocycles. The third kappa shape index (κ3) is 1.95. The first kappa shape index (κ1) is 12.0. The average molecular weight is 236 g/mol. The van der Waals surface area contributed by atoms with Crippen molar-refractivity contribution in [2.24, 2.45) is 0 Å². The molecule has 84 valence electrons. The first-order valence-corrected chi connectivity index (χ1v) is 3.62. The highest BCUT2D eigenvalue weighted by atomic mass is 19.2. The Labute approximate surface area is 85.3 Å². The zero-order chi connectivity index (χ0) is 12.5. The van der Waals surface area contributed by atoms with Crippen LogP contribution in [0.15, 0.2) is 0 Å². The van der Waals surface area contributed by atoms with Gasteiger partial charge in [-0.1, -0.05) is 0 Å². The highest BCUT2D eigenvalue weighted by molar-refractivity contribution is 5.87. The van der Waals surface area contributed by atoms with Crippen LogP contribution in [0.25, 0.3) is 0 Å². The zero-order valence-corrected chi connectivity index (χ0v) is 7.25. The fraction of sp³-hybridized carbons (Fsp3) is 0. The summed E-state index contributed by atoms with van der Waals surface area (Å²) >= 11 is 0. The Morgan fingerprint density at radius 3 is 1.62 bits per heavy atom. The molecule has 1 aromatic rings. The van der Waals surface area contributed by atoms with E-state index in [4.69, 9.17) is 5.11 Å². The van der Waals surface area contributed by atoms with Gasteiger partial charge < -0.3 is 5.11 Å². The van der Waals surface area contributed by atoms with E-state index in [1.165, 1.54) is 11.8 Å². The zero-order valence-electron chi connectivity index (χ0n) is 7.25. The lowest BCUT2D eigenvalue weighted by molar-refractivity contribution is -0.130. The summed E-state index contributed by atoms with van der Waals surface area (Å²) in [4.78, 5) is 9.95. The molecule has 1 aromatic carbocycles. The molecule has 0 atom stereocenters. The first-order valence-electron chi connectivity index (χ1n) is 3.62. The van der Waals surface area contributed by atoms with Crippen LogP contribution in [-0.4, -0.2) is 11.1 Å². The van der Waals surface area contributed by atoms with E-state index >= 15 is 0 Å². The third-order valence-electron chi connectivity index (χ3n) is 1.50. The van der Waals surface area contributed by atoms with Crippen LogP contribution in [-0.2, 0) is 4.79 Å². The van der Waals surface area contributed by atoms with Gasteiger partial charge in [-0.05, 0) is 5.92 Å². The number of rotatable bonds is 0. The van der Waals surface area contributed by atoms with Gasteiger partial charge in [-0.2, -0.15) is 0 Å². The van der Waals surface area contributed by atoms with Crippen LogP contribution < -0.4 is 0 Å². The molecular formula is C9HF5O2. The van der Waals surface area contributed by atoms with Crippen LogP contribution in [0.3, 0.4) is 0 Å². The molecule has 0 saturated heterocycles. The SMILES string of the molecule is O=C(O)C#Cc1c(F)c(F)c(F)c(F)c1F. The van der Waals surface area contributed by atoms with Gasteiger partial charge in [0.15, 0.2) is 23.3 Å². The van der Waals surface area contributed by atoms with Gasteiger partial charge in [-0.3, -0.25) is 0 Å². The molecule has 2 nitrogen and oxygen atoms in total. The molecule has 0 heterocycles. The van der Waals surface area contributed by atoms with E-state index < -0.39 is 40.6 Å². The summed E-state index contributed by atoms with van der Waals surface area (Å²) in [7, 11) is 0. The molecule has 0 radical (unpaired) electrons. The van der Waals surface area contributed by atoms with Gasteiger partial charge >= 0.3 is 5.97 Å². The number of halogens is 5. The number of hydrogen-bond acceptors (Lipinski definition) is 1. The van der Waals surface area contributed by atoms with Crippen LogP contribution in [0.1, 0.15) is 5.56 Å². The number of hydrogen-bond donors (Lipinski definition) is 1. The van der Waals surface area contributed by atoms with E-state index in [0.29, 0.717) is 0 Å². The summed E-state index contributed by atoms with van der Waals surface area (Å²) in [6.07, 6.45) is 0. The van der Waals surface area contributed by atoms with Crippen LogP contribution in [0.2, 0.25) is 0 Å². The number of aliphatic carboxylic acids is 1. The molecule has 1 rings (SSSR count). The van der Waals surface area contributed by atoms with E-state index in [9.17, 15) is 26.7 Å². The molecule has 1 N–H and O–H groups in total. The van der Waals surface area contributed by atoms with Crippen molar-refractivity contribution in [1.29, 1.82) is 0 Å². The van der Waals surface area contributed by atoms with Crippen molar-refractivity contribution in [3.63, 3.8) is 0 Å². The monoisotopic (exact) mass is 236 g/mol. The second kappa shape index (κ2) is 4.18. The van der Waals surface area contributed by atoms with Gasteiger partial charge in [0, 0.05) is 5.92 Å². The summed E-state index contributed by atoms with van der Waals surface area (Å²) in [6.45, 7) is 0. The highest BCUT2D eigenvalue weighted by Gasteiger charge is 2.24. The lowest BCUT2D eigenvalue weighted by Crippen LogP contribution is -2.04. The Morgan fingerprint density at radius 2 is 1.25 bits per heavy atom. The molecule has 0 aliphatic rings. The average Bonchev–Trinajstić information content (AvgIpc) is 2.23. The summed E-state index contributed by atoms with van der Waals surface area (Å²) in [5, 5.41) is 8.07. The highest BCUT2D eigenvalue weighted by Crippen LogP contribution is 2.21. The summed E-state index contributed by atoms with van der Waals surface area (Å²) in [5.74, 6) is -10.2. The number of carboxylic acid groups (broad SMARTS) is 1. The lowest BCUT2D eigenvalue weighted by atomic mass is 10.1. The molecular weight excluding hydrogens is 235 g/mol. The topological polar surface area (TPSA) is 37.3 Å². The largest absolute Gasteiger partial charge is 0.472 e. The van der Waals surface area contributed by atoms with Crippen LogP contribution in [0, 0.1) is 40.9 Å². The van der Waals surface area contributed by atoms with Gasteiger partial charge in [0.05, 0.1) is 0 Å². The molecule has 7 heteroatoms. The number of carboxylic acids is 1. The Kier molecular flexibility index (Phi) is 3.13. The van der Waals surface area contributed by atoms with E-state index in [1.807, 2.05) is 0 Å². The van der Waals surface area contributed by atoms with Crippen LogP contribution in [0.4, 0.5) is 22.0 Å². The van der Waals surface area contributed by atoms with Gasteiger partial charge in [0.25, 0.3) is 0 Å². The maximum Gasteiger partial charge on any atom is 0.382 e. The number of benzene rings is 1. The number of carbonyl (C=O) groups is 1. The molecule has 0 saturated carbocycles. The first-order chi connectivity index (χ1) is 7.36. The summed E-state index contributed by atoms with van der Waals surface area (Å²) in [6, 6.07) is 0. The second-order valence-electron chi connectivity index (χ2n) is 2.50. The molecule has 0 amide bonds. The van der Waals surface area contributed by atoms with E-state index in [1.54, 1.807) is 0 Å². The Balaban J connectivity index is 3.54. The van der Waals surface area contributed by atoms with Crippen molar-refractivity contribution in [1.82, 2.24) is 0 Å². The fourth-order valence-electron chi connectivity index (χ4n) is 0.831. The van der Waals surface area contributed by atoms with E-state index in [0.717, 1.165) is 0 Å². The Bertz CT molecular complexity index is 498. The van der Waals surface area contributed by atoms with Crippen molar-refractivity contribution >= 4 is 5.97 Å². The van der Waals surface area contributed by atoms with Crippen molar-refractivity contribution in [3.05, 3.63) is 34.6 Å². The van der Waals surface area contributed by atoms with Crippen LogP contribution in [0.5, 0.6) is 0 Å². The van der Waals surface area contributed by atoms with E-state index in [2.05, 4.69) is 0 Å². The van der Waals surface area contributed by atoms with Gasteiger partial charge in [0.2, 0.25) is 5.82 Å². The lowest BCUT2D eigenvalue weighted by Gasteiger charge is -2.01. The minimum absolute atomic E-state index is 1.25. The predicted octanol–water partition coefficient (Wildman–Crippen LogP) is 1.82. The van der Waals surface area contributed by atoms with Crippen molar-refractivity contribution in [2.75, 3.05) is 0 Å². The van der Waals surface area contributed by atoms with Crippen molar-refractivity contribution < 1.29 is 31.9 Å². The second-order valence-corrected chi connectivity index (χ2v) is 2.50. The minimum Gasteiger partial charge on any atom is -0.472 e. The predicted molar refractivity (Wildman–Crippen MR) is 40.7 cm³/mol. The maximum atomic E-state index is 12.8. The quantitative estimate of drug-likeness (QED) is 0.323. The minimum atomic E-state index is -2.32. The third-order valence-corrected chi connectivity index (χ3v) is 1.50. The Hall–Kier alpha value is -2.10. The standard InChI is InChI=1S/C9HF5O2/c10-5-3(1-2-4(15)16)6(11)8(13)9(14)7(5)12/h(H,15,16). The smallest absolute Gasteiger partial charge is 0.382 e. The van der Waals surface area contributed by atoms with Gasteiger partial charge in [-0.15, -0.1) is 0 Å². The summed E-state index contributed by atoms with van der Waals surface area (Å²) < 4.78 is 63.3.